The highest BCUT2D eigenvalue weighted by Crippen LogP contribution is 2.41. The van der Waals surface area contributed by atoms with Gasteiger partial charge >= 0.3 is 0 Å². The number of ketones is 1. The highest BCUT2D eigenvalue weighted by molar-refractivity contribution is 7.98. The van der Waals surface area contributed by atoms with Gasteiger partial charge in [0.15, 0.2) is 5.78 Å². The molecule has 30 heavy (non-hydrogen) atoms. The van der Waals surface area contributed by atoms with Gasteiger partial charge in [-0.3, -0.25) is 4.79 Å². The van der Waals surface area contributed by atoms with Gasteiger partial charge in [-0.25, -0.2) is 9.07 Å². The Morgan fingerprint density at radius 1 is 1.17 bits per heavy atom. The second kappa shape index (κ2) is 7.60. The van der Waals surface area contributed by atoms with Crippen LogP contribution in [0, 0.1) is 5.82 Å². The van der Waals surface area contributed by atoms with E-state index >= 15 is 0 Å². The van der Waals surface area contributed by atoms with Crippen LogP contribution in [0.15, 0.2) is 65.0 Å². The van der Waals surface area contributed by atoms with E-state index in [2.05, 4.69) is 15.4 Å². The molecule has 0 unspecified atom stereocenters. The smallest absolute Gasteiger partial charge is 0.227 e. The van der Waals surface area contributed by atoms with E-state index in [0.717, 1.165) is 24.1 Å². The molecule has 2 aliphatic rings. The molecule has 2 heterocycles. The van der Waals surface area contributed by atoms with E-state index in [-0.39, 0.29) is 17.3 Å². The van der Waals surface area contributed by atoms with Crippen molar-refractivity contribution in [2.45, 2.75) is 36.2 Å². The molecule has 6 nitrogen and oxygen atoms in total. The summed E-state index contributed by atoms with van der Waals surface area (Å²) in [5.41, 5.74) is 3.03. The summed E-state index contributed by atoms with van der Waals surface area (Å²) in [4.78, 5) is 17.4. The van der Waals surface area contributed by atoms with Crippen molar-refractivity contribution in [2.75, 3.05) is 5.32 Å². The number of aromatic hydroxyl groups is 1. The number of phenolic OH excluding ortho intramolecular Hbond substituents is 1. The summed E-state index contributed by atoms with van der Waals surface area (Å²) in [5.74, 6) is 0.987. The summed E-state index contributed by atoms with van der Waals surface area (Å²) in [5, 5.41) is 18.1. The Morgan fingerprint density at radius 2 is 1.97 bits per heavy atom. The number of thioether (sulfide) groups is 1. The van der Waals surface area contributed by atoms with Crippen LogP contribution in [0.2, 0.25) is 0 Å². The van der Waals surface area contributed by atoms with Crippen LogP contribution in [0.5, 0.6) is 5.75 Å². The summed E-state index contributed by atoms with van der Waals surface area (Å²) in [6, 6.07) is 13.1. The number of hydrogen-bond acceptors (Lipinski definition) is 6. The standard InChI is InChI=1S/C22H19FN4O2S/c23-16-5-2-1-4-14(16)12-30-22-25-21-24-17-6-3-7-18(29)19(17)20(27(21)26-22)13-8-10-15(28)11-9-13/h1-2,4-5,8-11,20,28H,3,6-7,12H2,(H,24,25,26)/t20-/m0/s1. The van der Waals surface area contributed by atoms with Crippen molar-refractivity contribution in [2.24, 2.45) is 0 Å². The van der Waals surface area contributed by atoms with Crippen LogP contribution in [0.1, 0.15) is 36.4 Å². The summed E-state index contributed by atoms with van der Waals surface area (Å²) >= 11 is 1.35. The molecule has 0 bridgehead atoms. The van der Waals surface area contributed by atoms with Gasteiger partial charge in [0.25, 0.3) is 0 Å². The highest BCUT2D eigenvalue weighted by atomic mass is 32.2. The molecule has 8 heteroatoms. The van der Waals surface area contributed by atoms with E-state index < -0.39 is 6.04 Å². The molecule has 0 amide bonds. The van der Waals surface area contributed by atoms with E-state index in [0.29, 0.717) is 34.4 Å². The summed E-state index contributed by atoms with van der Waals surface area (Å²) in [7, 11) is 0. The lowest BCUT2D eigenvalue weighted by atomic mass is 9.85. The van der Waals surface area contributed by atoms with Gasteiger partial charge in [-0.15, -0.1) is 5.10 Å². The predicted molar refractivity (Wildman–Crippen MR) is 112 cm³/mol. The van der Waals surface area contributed by atoms with Crippen molar-refractivity contribution in [3.8, 4) is 5.75 Å². The average molecular weight is 422 g/mol. The van der Waals surface area contributed by atoms with Gasteiger partial charge in [-0.05, 0) is 42.2 Å². The lowest BCUT2D eigenvalue weighted by Crippen LogP contribution is -2.31. The fourth-order valence-corrected chi connectivity index (χ4v) is 4.74. The number of allylic oxidation sites excluding steroid dienone is 2. The third-order valence-corrected chi connectivity index (χ3v) is 6.26. The lowest BCUT2D eigenvalue weighted by Gasteiger charge is -2.32. The Kier molecular flexibility index (Phi) is 4.78. The molecule has 5 rings (SSSR count). The van der Waals surface area contributed by atoms with Gasteiger partial charge in [0, 0.05) is 23.4 Å². The van der Waals surface area contributed by atoms with Crippen LogP contribution in [-0.4, -0.2) is 25.7 Å². The van der Waals surface area contributed by atoms with Crippen molar-refractivity contribution in [1.82, 2.24) is 14.8 Å². The first-order valence-corrected chi connectivity index (χ1v) is 10.7. The summed E-state index contributed by atoms with van der Waals surface area (Å²) < 4.78 is 15.7. The molecule has 2 aromatic carbocycles. The SMILES string of the molecule is O=C1CCCC2=C1[C@H](c1ccc(O)cc1)n1nc(SCc3ccccc3F)nc1N2. The molecule has 1 aliphatic carbocycles. The molecule has 152 valence electrons. The molecule has 0 saturated carbocycles. The molecule has 1 atom stereocenters. The van der Waals surface area contributed by atoms with Crippen LogP contribution >= 0.6 is 11.8 Å². The maximum atomic E-state index is 13.9. The minimum atomic E-state index is -0.403. The lowest BCUT2D eigenvalue weighted by molar-refractivity contribution is -0.116. The van der Waals surface area contributed by atoms with E-state index in [1.54, 1.807) is 47.1 Å². The zero-order valence-electron chi connectivity index (χ0n) is 16.0. The Hall–Kier alpha value is -3.13. The molecular formula is C22H19FN4O2S. The van der Waals surface area contributed by atoms with E-state index in [9.17, 15) is 14.3 Å². The number of aromatic nitrogens is 3. The zero-order chi connectivity index (χ0) is 20.7. The first-order valence-electron chi connectivity index (χ1n) is 9.75. The Balaban J connectivity index is 1.51. The van der Waals surface area contributed by atoms with Crippen molar-refractivity contribution < 1.29 is 14.3 Å². The Bertz CT molecular complexity index is 1160. The first-order chi connectivity index (χ1) is 14.6. The number of hydrogen-bond donors (Lipinski definition) is 2. The molecule has 1 aliphatic heterocycles. The van der Waals surface area contributed by atoms with Crippen LogP contribution in [-0.2, 0) is 10.5 Å². The summed E-state index contributed by atoms with van der Waals surface area (Å²) in [6.45, 7) is 0. The fraction of sp³-hybridized carbons (Fsp3) is 0.227. The monoisotopic (exact) mass is 422 g/mol. The van der Waals surface area contributed by atoms with Crippen LogP contribution < -0.4 is 5.32 Å². The number of carbonyl (C=O) groups is 1. The number of nitrogens with zero attached hydrogens (tertiary/aromatic N) is 3. The Morgan fingerprint density at radius 3 is 2.77 bits per heavy atom. The van der Waals surface area contributed by atoms with Gasteiger partial charge < -0.3 is 10.4 Å². The molecule has 0 spiro atoms. The topological polar surface area (TPSA) is 80.0 Å². The van der Waals surface area contributed by atoms with Crippen molar-refractivity contribution in [1.29, 1.82) is 0 Å². The van der Waals surface area contributed by atoms with Crippen molar-refractivity contribution in [3.63, 3.8) is 0 Å². The van der Waals surface area contributed by atoms with Crippen LogP contribution in [0.4, 0.5) is 10.3 Å². The summed E-state index contributed by atoms with van der Waals surface area (Å²) in [6.07, 6.45) is 2.09. The number of rotatable bonds is 4. The quantitative estimate of drug-likeness (QED) is 0.605. The van der Waals surface area contributed by atoms with E-state index in [1.165, 1.54) is 17.8 Å². The van der Waals surface area contributed by atoms with E-state index in [4.69, 9.17) is 0 Å². The third-order valence-electron chi connectivity index (χ3n) is 5.37. The number of carbonyl (C=O) groups excluding carboxylic acids is 1. The Labute approximate surface area is 176 Å². The average Bonchev–Trinajstić information content (AvgIpc) is 3.15. The van der Waals surface area contributed by atoms with Gasteiger partial charge in [0.2, 0.25) is 11.1 Å². The number of nitrogens with one attached hydrogen (secondary N) is 1. The number of benzene rings is 2. The molecular weight excluding hydrogens is 403 g/mol. The molecule has 0 saturated heterocycles. The second-order valence-electron chi connectivity index (χ2n) is 7.33. The molecule has 2 N–H and O–H groups in total. The number of fused-ring (bicyclic) bond motifs is 1. The molecule has 1 aromatic heterocycles. The molecule has 0 fully saturated rings. The molecule has 3 aromatic rings. The van der Waals surface area contributed by atoms with Crippen molar-refractivity contribution in [3.05, 3.63) is 76.7 Å². The van der Waals surface area contributed by atoms with Gasteiger partial charge in [-0.1, -0.05) is 42.1 Å². The van der Waals surface area contributed by atoms with Crippen LogP contribution in [0.25, 0.3) is 0 Å². The van der Waals surface area contributed by atoms with Gasteiger partial charge in [0.05, 0.1) is 0 Å². The maximum Gasteiger partial charge on any atom is 0.227 e. The fourth-order valence-electron chi connectivity index (χ4n) is 3.92. The van der Waals surface area contributed by atoms with Crippen LogP contribution in [0.3, 0.4) is 0 Å². The number of anilines is 1. The minimum absolute atomic E-state index is 0.100. The molecule has 0 radical (unpaired) electrons. The number of phenols is 1. The number of halogens is 1. The third kappa shape index (κ3) is 3.37. The van der Waals surface area contributed by atoms with Gasteiger partial charge in [-0.2, -0.15) is 4.98 Å². The second-order valence-corrected chi connectivity index (χ2v) is 8.27. The first kappa shape index (κ1) is 18.9. The van der Waals surface area contributed by atoms with Gasteiger partial charge in [0.1, 0.15) is 17.6 Å². The largest absolute Gasteiger partial charge is 0.508 e. The van der Waals surface area contributed by atoms with E-state index in [1.807, 2.05) is 0 Å². The zero-order valence-corrected chi connectivity index (χ0v) is 16.8. The maximum absolute atomic E-state index is 13.9. The normalized spacial score (nSPS) is 18.0. The minimum Gasteiger partial charge on any atom is -0.508 e. The predicted octanol–water partition coefficient (Wildman–Crippen LogP) is 4.44. The number of Topliss-reactive ketones (excluding diaryl/α,β-unsaturated/α-hetero) is 1. The highest BCUT2D eigenvalue weighted by Gasteiger charge is 2.36. The van der Waals surface area contributed by atoms with Crippen molar-refractivity contribution >= 4 is 23.5 Å².